The van der Waals surface area contributed by atoms with Gasteiger partial charge in [0.1, 0.15) is 29.9 Å². The Bertz CT molecular complexity index is 1650. The molecule has 5 unspecified atom stereocenters. The molecule has 0 radical (unpaired) electrons. The third-order valence-electron chi connectivity index (χ3n) is 8.45. The van der Waals surface area contributed by atoms with E-state index in [1.807, 2.05) is 6.07 Å². The molecule has 5 atom stereocenters. The maximum atomic E-state index is 13.7. The van der Waals surface area contributed by atoms with E-state index < -0.39 is 84.3 Å². The van der Waals surface area contributed by atoms with Gasteiger partial charge in [-0.05, 0) is 68.8 Å². The molecule has 2 aromatic carbocycles. The number of primary amides is 1. The number of unbranched alkanes of at least 4 members (excludes halogenated alkanes) is 1. The van der Waals surface area contributed by atoms with Crippen molar-refractivity contribution < 1.29 is 56.9 Å². The predicted molar refractivity (Wildman–Crippen MR) is 195 cm³/mol. The van der Waals surface area contributed by atoms with Crippen LogP contribution in [0.1, 0.15) is 50.2 Å². The van der Waals surface area contributed by atoms with E-state index in [4.69, 9.17) is 27.1 Å². The number of amides is 6. The lowest BCUT2D eigenvalue weighted by Crippen LogP contribution is -2.57. The summed E-state index contributed by atoms with van der Waals surface area (Å²) >= 11 is 0. The maximum Gasteiger partial charge on any atom is 0.490 e. The van der Waals surface area contributed by atoms with Gasteiger partial charge in [-0.2, -0.15) is 13.2 Å². The number of rotatable bonds is 18. The topological polar surface area (TPSA) is 289 Å². The number of alkyl halides is 3. The molecule has 56 heavy (non-hydrogen) atoms. The number of nitrogens with one attached hydrogen (secondary N) is 4. The van der Waals surface area contributed by atoms with Gasteiger partial charge in [-0.25, -0.2) is 4.79 Å². The second kappa shape index (κ2) is 22.6. The molecule has 12 N–H and O–H groups in total. The molecular weight excluding hydrogens is 745 g/mol. The largest absolute Gasteiger partial charge is 0.508 e. The first kappa shape index (κ1) is 46.4. The molecule has 0 saturated carbocycles. The van der Waals surface area contributed by atoms with Crippen molar-refractivity contribution in [1.29, 1.82) is 0 Å². The highest BCUT2D eigenvalue weighted by Crippen LogP contribution is 2.21. The number of halogens is 3. The number of carbonyl (C=O) groups is 7. The van der Waals surface area contributed by atoms with Gasteiger partial charge in [-0.15, -0.1) is 0 Å². The lowest BCUT2D eigenvalue weighted by Gasteiger charge is -2.29. The number of carboxylic acids is 1. The standard InChI is InChI=1S/C34H48N8O7.C2HF3O2/c1-21(36)31(46)41-27(19-23-12-14-24(43)15-13-23)34(49)42-17-7-11-28(42)33(48)38-20-29(44)39-25(10-5-6-16-35)32(47)40-26(30(37)45)18-22-8-3-2-4-9-22;3-2(4,5)1(6)7/h2-4,8-9,12-15,21,25-28,43H,5-7,10-11,16-20,35-36H2,1H3,(H2,37,45)(H,38,48)(H,39,44)(H,40,47)(H,41,46);(H,6,7). The average molecular weight is 795 g/mol. The number of aromatic hydroxyl groups is 1. The van der Waals surface area contributed by atoms with E-state index in [1.54, 1.807) is 36.4 Å². The Morgan fingerprint density at radius 3 is 1.98 bits per heavy atom. The molecule has 0 aliphatic carbocycles. The Labute approximate surface area is 320 Å². The third kappa shape index (κ3) is 15.9. The van der Waals surface area contributed by atoms with Crippen LogP contribution < -0.4 is 38.5 Å². The van der Waals surface area contributed by atoms with Gasteiger partial charge in [0, 0.05) is 19.4 Å². The van der Waals surface area contributed by atoms with Crippen molar-refractivity contribution in [2.45, 2.75) is 88.3 Å². The summed E-state index contributed by atoms with van der Waals surface area (Å²) in [6.45, 7) is 1.66. The minimum Gasteiger partial charge on any atom is -0.508 e. The summed E-state index contributed by atoms with van der Waals surface area (Å²) in [4.78, 5) is 88.1. The van der Waals surface area contributed by atoms with Crippen LogP contribution in [0.15, 0.2) is 54.6 Å². The number of hydrogen-bond donors (Lipinski definition) is 9. The highest BCUT2D eigenvalue weighted by Gasteiger charge is 2.39. The number of phenols is 1. The quantitative estimate of drug-likeness (QED) is 0.0854. The molecule has 1 fully saturated rings. The molecule has 2 aromatic rings. The molecular formula is C36H49F3N8O9. The Morgan fingerprint density at radius 2 is 1.43 bits per heavy atom. The lowest BCUT2D eigenvalue weighted by atomic mass is 10.0. The second-order valence-corrected chi connectivity index (χ2v) is 13.0. The molecule has 0 aromatic heterocycles. The van der Waals surface area contributed by atoms with Gasteiger partial charge in [0.15, 0.2) is 0 Å². The van der Waals surface area contributed by atoms with Crippen LogP contribution >= 0.6 is 0 Å². The Morgan fingerprint density at radius 1 is 0.857 bits per heavy atom. The summed E-state index contributed by atoms with van der Waals surface area (Å²) in [5.74, 6) is -6.28. The Hall–Kier alpha value is -5.76. The molecule has 1 saturated heterocycles. The normalized spacial score (nSPS) is 15.8. The van der Waals surface area contributed by atoms with Gasteiger partial charge < -0.3 is 53.6 Å². The smallest absolute Gasteiger partial charge is 0.490 e. The van der Waals surface area contributed by atoms with Crippen molar-refractivity contribution in [2.24, 2.45) is 17.2 Å². The van der Waals surface area contributed by atoms with Gasteiger partial charge in [0.2, 0.25) is 35.4 Å². The van der Waals surface area contributed by atoms with Crippen molar-refractivity contribution in [3.05, 3.63) is 65.7 Å². The molecule has 0 bridgehead atoms. The molecule has 0 spiro atoms. The van der Waals surface area contributed by atoms with Crippen LogP contribution in [0.2, 0.25) is 0 Å². The number of carboxylic acid groups (broad SMARTS) is 1. The molecule has 1 heterocycles. The van der Waals surface area contributed by atoms with E-state index in [2.05, 4.69) is 21.3 Å². The van der Waals surface area contributed by atoms with E-state index in [1.165, 1.54) is 24.0 Å². The summed E-state index contributed by atoms with van der Waals surface area (Å²) in [5.41, 5.74) is 18.4. The summed E-state index contributed by atoms with van der Waals surface area (Å²) in [6, 6.07) is 10.4. The second-order valence-electron chi connectivity index (χ2n) is 13.0. The Balaban J connectivity index is 0.00000141. The van der Waals surface area contributed by atoms with Crippen LogP contribution in [0.3, 0.4) is 0 Å². The van der Waals surface area contributed by atoms with E-state index in [0.29, 0.717) is 37.8 Å². The maximum absolute atomic E-state index is 13.7. The van der Waals surface area contributed by atoms with Gasteiger partial charge in [-0.3, -0.25) is 28.8 Å². The number of carbonyl (C=O) groups excluding carboxylic acids is 6. The van der Waals surface area contributed by atoms with Crippen molar-refractivity contribution in [1.82, 2.24) is 26.2 Å². The van der Waals surface area contributed by atoms with Gasteiger partial charge >= 0.3 is 12.1 Å². The highest BCUT2D eigenvalue weighted by molar-refractivity contribution is 5.96. The monoisotopic (exact) mass is 794 g/mol. The number of hydrogen-bond acceptors (Lipinski definition) is 10. The molecule has 17 nitrogen and oxygen atoms in total. The first-order valence-corrected chi connectivity index (χ1v) is 17.7. The number of phenolic OH excluding ortho intramolecular Hbond substituents is 1. The number of nitrogens with two attached hydrogens (primary N) is 3. The van der Waals surface area contributed by atoms with Crippen molar-refractivity contribution in [2.75, 3.05) is 19.6 Å². The van der Waals surface area contributed by atoms with Crippen LogP contribution in [0.5, 0.6) is 5.75 Å². The SMILES string of the molecule is CC(N)C(=O)NC(Cc1ccc(O)cc1)C(=O)N1CCCC1C(=O)NCC(=O)NC(CCCCN)C(=O)NC(Cc1ccccc1)C(N)=O.O=C(O)C(F)(F)F. The van der Waals surface area contributed by atoms with E-state index >= 15 is 0 Å². The first-order valence-electron chi connectivity index (χ1n) is 17.7. The van der Waals surface area contributed by atoms with Crippen molar-refractivity contribution in [3.63, 3.8) is 0 Å². The van der Waals surface area contributed by atoms with E-state index in [9.17, 15) is 47.0 Å². The summed E-state index contributed by atoms with van der Waals surface area (Å²) < 4.78 is 31.7. The fraction of sp³-hybridized carbons (Fsp3) is 0.472. The van der Waals surface area contributed by atoms with Crippen LogP contribution in [0, 0.1) is 0 Å². The van der Waals surface area contributed by atoms with Gasteiger partial charge in [0.25, 0.3) is 0 Å². The summed E-state index contributed by atoms with van der Waals surface area (Å²) in [6.07, 6.45) is -2.60. The molecule has 308 valence electrons. The van der Waals surface area contributed by atoms with E-state index in [0.717, 1.165) is 5.56 Å². The molecule has 1 aliphatic heterocycles. The zero-order valence-corrected chi connectivity index (χ0v) is 30.7. The predicted octanol–water partition coefficient (Wildman–Crippen LogP) is -0.666. The van der Waals surface area contributed by atoms with Crippen LogP contribution in [-0.4, -0.2) is 113 Å². The summed E-state index contributed by atoms with van der Waals surface area (Å²) in [5, 5.41) is 27.2. The fourth-order valence-corrected chi connectivity index (χ4v) is 5.51. The summed E-state index contributed by atoms with van der Waals surface area (Å²) in [7, 11) is 0. The zero-order chi connectivity index (χ0) is 42.0. The number of likely N-dealkylation sites (tertiary alicyclic amines) is 1. The van der Waals surface area contributed by atoms with Crippen LogP contribution in [0.25, 0.3) is 0 Å². The van der Waals surface area contributed by atoms with Crippen LogP contribution in [0.4, 0.5) is 13.2 Å². The van der Waals surface area contributed by atoms with Gasteiger partial charge in [0.05, 0.1) is 12.6 Å². The third-order valence-corrected chi connectivity index (χ3v) is 8.45. The number of nitrogens with zero attached hydrogens (tertiary/aromatic N) is 1. The first-order chi connectivity index (χ1) is 26.3. The zero-order valence-electron chi connectivity index (χ0n) is 30.7. The van der Waals surface area contributed by atoms with Crippen molar-refractivity contribution in [3.8, 4) is 5.75 Å². The Kier molecular flexibility index (Phi) is 18.7. The minimum atomic E-state index is -5.08. The van der Waals surface area contributed by atoms with Gasteiger partial charge in [-0.1, -0.05) is 42.5 Å². The lowest BCUT2D eigenvalue weighted by molar-refractivity contribution is -0.192. The molecule has 6 amide bonds. The highest BCUT2D eigenvalue weighted by atomic mass is 19.4. The van der Waals surface area contributed by atoms with E-state index in [-0.39, 0.29) is 31.6 Å². The van der Waals surface area contributed by atoms with Crippen molar-refractivity contribution >= 4 is 41.4 Å². The molecule has 1 aliphatic rings. The fourth-order valence-electron chi connectivity index (χ4n) is 5.51. The number of benzene rings is 2. The average Bonchev–Trinajstić information content (AvgIpc) is 3.64. The number of aliphatic carboxylic acids is 1. The molecule has 20 heteroatoms. The van der Waals surface area contributed by atoms with Crippen LogP contribution in [-0.2, 0) is 46.4 Å². The molecule has 3 rings (SSSR count). The minimum absolute atomic E-state index is 0.0481.